The fraction of sp³-hybridized carbons (Fsp3) is 0.629. The van der Waals surface area contributed by atoms with Crippen LogP contribution in [0.25, 0.3) is 0 Å². The molecular weight excluding hydrogens is 714 g/mol. The Morgan fingerprint density at radius 2 is 1.93 bits per heavy atom. The maximum atomic E-state index is 13.7. The number of hydrogen-bond acceptors (Lipinski definition) is 16. The number of aliphatic imine (C=N–C) groups is 1. The van der Waals surface area contributed by atoms with Gasteiger partial charge >= 0.3 is 11.9 Å². The number of aliphatic carboxylic acids is 1. The topological polar surface area (TPSA) is 288 Å². The molecule has 1 saturated carbocycles. The Balaban J connectivity index is 1.76. The summed E-state index contributed by atoms with van der Waals surface area (Å²) >= 11 is 0. The van der Waals surface area contributed by atoms with Crippen LogP contribution in [0.1, 0.15) is 32.1 Å². The third-order valence-electron chi connectivity index (χ3n) is 9.37. The van der Waals surface area contributed by atoms with Crippen LogP contribution in [0.4, 0.5) is 0 Å². The summed E-state index contributed by atoms with van der Waals surface area (Å²) in [4.78, 5) is 31.9. The monoisotopic (exact) mass is 767 g/mol. The summed E-state index contributed by atoms with van der Waals surface area (Å²) in [6, 6.07) is 0. The lowest BCUT2D eigenvalue weighted by atomic mass is 9.83. The number of carbonyl (C=O) groups is 2. The highest BCUT2D eigenvalue weighted by Crippen LogP contribution is 2.39. The van der Waals surface area contributed by atoms with Crippen LogP contribution in [-0.4, -0.2) is 155 Å². The van der Waals surface area contributed by atoms with E-state index in [1.807, 2.05) is 0 Å². The van der Waals surface area contributed by atoms with Crippen molar-refractivity contribution in [1.29, 1.82) is 0 Å². The summed E-state index contributed by atoms with van der Waals surface area (Å²) < 4.78 is 29.1. The summed E-state index contributed by atoms with van der Waals surface area (Å²) in [5.41, 5.74) is 6.48. The number of β-amino-alcohol motifs (C(OH)–C–C–N with tert-alkyl or cyclic N) is 1. The zero-order chi connectivity index (χ0) is 39.4. The Morgan fingerprint density at radius 1 is 1.19 bits per heavy atom. The molecule has 0 amide bonds. The number of carboxylic acid groups (broad SMARTS) is 1. The lowest BCUT2D eigenvalue weighted by molar-refractivity contribution is -0.410. The molecule has 7 unspecified atom stereocenters. The number of aliphatic hydroxyl groups is 6. The van der Waals surface area contributed by atoms with E-state index in [0.717, 1.165) is 19.1 Å². The number of ether oxygens (including phenoxy) is 5. The van der Waals surface area contributed by atoms with E-state index in [1.165, 1.54) is 19.3 Å². The predicted octanol–water partition coefficient (Wildman–Crippen LogP) is -2.16. The van der Waals surface area contributed by atoms with Gasteiger partial charge in [0.05, 0.1) is 49.0 Å². The van der Waals surface area contributed by atoms with Crippen LogP contribution in [0.2, 0.25) is 0 Å². The summed E-state index contributed by atoms with van der Waals surface area (Å²) in [6.07, 6.45) is 2.26. The Labute approximate surface area is 312 Å². The van der Waals surface area contributed by atoms with Crippen LogP contribution in [0.5, 0.6) is 0 Å². The van der Waals surface area contributed by atoms with Gasteiger partial charge in [0.2, 0.25) is 12.1 Å². The van der Waals surface area contributed by atoms with Crippen LogP contribution in [0, 0.1) is 11.8 Å². The van der Waals surface area contributed by atoms with Gasteiger partial charge in [0, 0.05) is 38.4 Å². The molecule has 0 radical (unpaired) electrons. The molecule has 3 heterocycles. The molecule has 0 spiro atoms. The van der Waals surface area contributed by atoms with E-state index >= 15 is 0 Å². The fourth-order valence-electron chi connectivity index (χ4n) is 6.56. The number of nitrogens with one attached hydrogen (secondary N) is 2. The second-order valence-electron chi connectivity index (χ2n) is 13.2. The van der Waals surface area contributed by atoms with Gasteiger partial charge in [-0.15, -0.1) is 6.58 Å². The lowest BCUT2D eigenvalue weighted by Crippen LogP contribution is -2.69. The Kier molecular flexibility index (Phi) is 16.0. The second-order valence-corrected chi connectivity index (χ2v) is 13.2. The van der Waals surface area contributed by atoms with E-state index in [-0.39, 0.29) is 68.5 Å². The minimum Gasteiger partial charge on any atom is -0.478 e. The largest absolute Gasteiger partial charge is 0.478 e. The Bertz CT molecular complexity index is 1460. The summed E-state index contributed by atoms with van der Waals surface area (Å²) in [5, 5.41) is 76.7. The molecule has 0 aromatic carbocycles. The molecule has 19 heteroatoms. The number of aliphatic hydroxyl groups excluding tert-OH is 4. The molecule has 1 saturated heterocycles. The summed E-state index contributed by atoms with van der Waals surface area (Å²) in [5.74, 6) is -6.82. The van der Waals surface area contributed by atoms with Gasteiger partial charge in [-0.25, -0.2) is 9.59 Å². The molecule has 0 bridgehead atoms. The molecule has 19 nitrogen and oxygen atoms in total. The van der Waals surface area contributed by atoms with E-state index in [2.05, 4.69) is 22.2 Å². The van der Waals surface area contributed by atoms with E-state index in [1.54, 1.807) is 17.1 Å². The molecule has 2 fully saturated rings. The Morgan fingerprint density at radius 3 is 2.56 bits per heavy atom. The third-order valence-corrected chi connectivity index (χ3v) is 9.37. The van der Waals surface area contributed by atoms with Gasteiger partial charge in [0.15, 0.2) is 18.4 Å². The quantitative estimate of drug-likeness (QED) is 0.0178. The van der Waals surface area contributed by atoms with Crippen molar-refractivity contribution in [1.82, 2.24) is 15.5 Å². The van der Waals surface area contributed by atoms with Crippen molar-refractivity contribution in [2.75, 3.05) is 53.2 Å². The number of esters is 1. The molecule has 3 aliphatic heterocycles. The van der Waals surface area contributed by atoms with Gasteiger partial charge in [0.1, 0.15) is 18.3 Å². The highest BCUT2D eigenvalue weighted by molar-refractivity contribution is 5.95. The standard InChI is InChI=1S/C35H53N5O14/c1-3-22-23(10-9-20-15-40(12-14-42)16-24(30(45)46)27(20)39-34(36)38-11-6-13-41)25(31(47)52-21-7-4-5-8-21)18-50-32(22)54-33-29(51-19-37-2)35(48,49)28(44)26(17-43)53-33/h3,9-10,16,18,21-23,26,28-29,32-33,37,41-44,48-49H,1,4-8,11-15,17,19H2,2H3,(H,45,46)(H3,36,38,39). The van der Waals surface area contributed by atoms with Crippen molar-refractivity contribution in [3.63, 3.8) is 0 Å². The van der Waals surface area contributed by atoms with Gasteiger partial charge in [-0.3, -0.25) is 10.3 Å². The van der Waals surface area contributed by atoms with Crippen LogP contribution < -0.4 is 16.4 Å². The summed E-state index contributed by atoms with van der Waals surface area (Å²) in [7, 11) is 1.54. The number of carboxylic acids is 1. The number of hydrogen-bond donors (Lipinski definition) is 10. The molecular formula is C35H53N5O14. The van der Waals surface area contributed by atoms with Crippen molar-refractivity contribution >= 4 is 17.9 Å². The first-order chi connectivity index (χ1) is 25.9. The van der Waals surface area contributed by atoms with Crippen molar-refractivity contribution in [2.24, 2.45) is 22.6 Å². The van der Waals surface area contributed by atoms with Crippen LogP contribution >= 0.6 is 0 Å². The zero-order valence-corrected chi connectivity index (χ0v) is 30.2. The predicted molar refractivity (Wildman–Crippen MR) is 189 cm³/mol. The maximum absolute atomic E-state index is 13.7. The maximum Gasteiger partial charge on any atom is 0.339 e. The van der Waals surface area contributed by atoms with Gasteiger partial charge in [-0.05, 0) is 44.7 Å². The normalized spacial score (nSPS) is 29.1. The van der Waals surface area contributed by atoms with Crippen LogP contribution in [0.15, 0.2) is 64.7 Å². The highest BCUT2D eigenvalue weighted by atomic mass is 16.8. The van der Waals surface area contributed by atoms with Gasteiger partial charge in [-0.2, -0.15) is 0 Å². The molecule has 7 atom stereocenters. The highest BCUT2D eigenvalue weighted by Gasteiger charge is 2.57. The minimum absolute atomic E-state index is 0.0787. The SMILES string of the molecule is C=CC1C(OC2OC(CO)C(O)C(O)(O)C2OCNC)OC=C(C(=O)OC2CCCC2)C1C=CC1=C(NC(N)=NCCCO)C(C(=O)O)=CN(CCO)C1. The van der Waals surface area contributed by atoms with E-state index in [4.69, 9.17) is 34.5 Å². The number of carbonyl (C=O) groups excluding carboxylic acids is 1. The van der Waals surface area contributed by atoms with Crippen LogP contribution in [-0.2, 0) is 33.3 Å². The lowest BCUT2D eigenvalue weighted by Gasteiger charge is -2.47. The van der Waals surface area contributed by atoms with E-state index in [0.29, 0.717) is 24.8 Å². The van der Waals surface area contributed by atoms with E-state index in [9.17, 15) is 40.2 Å². The van der Waals surface area contributed by atoms with Crippen molar-refractivity contribution in [3.8, 4) is 0 Å². The van der Waals surface area contributed by atoms with Crippen molar-refractivity contribution < 1.29 is 69.0 Å². The molecule has 11 N–H and O–H groups in total. The number of guanidine groups is 1. The minimum atomic E-state index is -2.94. The average molecular weight is 768 g/mol. The zero-order valence-electron chi connectivity index (χ0n) is 30.2. The number of rotatable bonds is 18. The number of allylic oxidation sites excluding steroid dienone is 1. The molecule has 4 aliphatic rings. The number of nitrogens with two attached hydrogens (primary N) is 1. The molecule has 302 valence electrons. The summed E-state index contributed by atoms with van der Waals surface area (Å²) in [6.45, 7) is 2.91. The first kappa shape index (κ1) is 42.8. The first-order valence-electron chi connectivity index (χ1n) is 17.8. The van der Waals surface area contributed by atoms with E-state index < -0.39 is 67.1 Å². The molecule has 54 heavy (non-hydrogen) atoms. The molecule has 4 rings (SSSR count). The molecule has 0 aromatic heterocycles. The third kappa shape index (κ3) is 10.4. The molecule has 0 aromatic rings. The van der Waals surface area contributed by atoms with Gasteiger partial charge in [-0.1, -0.05) is 18.2 Å². The molecule has 1 aliphatic carbocycles. The van der Waals surface area contributed by atoms with Crippen molar-refractivity contribution in [2.45, 2.75) is 74.9 Å². The first-order valence-corrected chi connectivity index (χ1v) is 17.8. The average Bonchev–Trinajstić information content (AvgIpc) is 3.65. The van der Waals surface area contributed by atoms with Crippen LogP contribution in [0.3, 0.4) is 0 Å². The fourth-order valence-corrected chi connectivity index (χ4v) is 6.56. The Hall–Kier alpha value is -3.89. The van der Waals surface area contributed by atoms with Gasteiger partial charge in [0.25, 0.3) is 0 Å². The van der Waals surface area contributed by atoms with Crippen molar-refractivity contribution in [3.05, 3.63) is 59.7 Å². The number of nitrogens with zero attached hydrogens (tertiary/aromatic N) is 2. The second kappa shape index (κ2) is 20.1. The smallest absolute Gasteiger partial charge is 0.339 e. The van der Waals surface area contributed by atoms with Gasteiger partial charge < -0.3 is 75.4 Å².